The molecular formula is C27H30O3. The average Bonchev–Trinajstić information content (AvgIpc) is 2.82. The average molecular weight is 403 g/mol. The highest BCUT2D eigenvalue weighted by atomic mass is 16.7. The number of hydrogen-bond acceptors (Lipinski definition) is 3. The van der Waals surface area contributed by atoms with Gasteiger partial charge in [-0.15, -0.1) is 0 Å². The van der Waals surface area contributed by atoms with E-state index in [1.807, 2.05) is 25.1 Å². The minimum absolute atomic E-state index is 0.0193. The molecule has 1 fully saturated rings. The van der Waals surface area contributed by atoms with Crippen molar-refractivity contribution in [2.45, 2.75) is 44.2 Å². The summed E-state index contributed by atoms with van der Waals surface area (Å²) in [6.07, 6.45) is 2.92. The smallest absolute Gasteiger partial charge is 0.158 e. The van der Waals surface area contributed by atoms with Gasteiger partial charge < -0.3 is 14.2 Å². The van der Waals surface area contributed by atoms with Crippen LogP contribution in [0.4, 0.5) is 0 Å². The molecular weight excluding hydrogens is 372 g/mol. The molecule has 1 heterocycles. The predicted octanol–water partition coefficient (Wildman–Crippen LogP) is 5.93. The molecule has 1 saturated heterocycles. The minimum atomic E-state index is -0.703. The Morgan fingerprint density at radius 3 is 1.73 bits per heavy atom. The van der Waals surface area contributed by atoms with Gasteiger partial charge in [0.1, 0.15) is 5.60 Å². The van der Waals surface area contributed by atoms with E-state index >= 15 is 0 Å². The summed E-state index contributed by atoms with van der Waals surface area (Å²) in [6, 6.07) is 31.4. The molecule has 3 heteroatoms. The van der Waals surface area contributed by atoms with Crippen LogP contribution >= 0.6 is 0 Å². The highest BCUT2D eigenvalue weighted by Crippen LogP contribution is 2.41. The number of ether oxygens (including phenoxy) is 3. The maximum Gasteiger partial charge on any atom is 0.158 e. The zero-order valence-corrected chi connectivity index (χ0v) is 17.6. The minimum Gasteiger partial charge on any atom is -0.358 e. The second kappa shape index (κ2) is 10.0. The Hall–Kier alpha value is -2.46. The second-order valence-electron chi connectivity index (χ2n) is 7.66. The Morgan fingerprint density at radius 1 is 0.767 bits per heavy atom. The van der Waals surface area contributed by atoms with E-state index in [1.54, 1.807) is 0 Å². The Labute approximate surface area is 179 Å². The van der Waals surface area contributed by atoms with Crippen molar-refractivity contribution >= 4 is 0 Å². The molecule has 0 aliphatic carbocycles. The molecule has 3 nitrogen and oxygen atoms in total. The molecule has 0 saturated carbocycles. The lowest BCUT2D eigenvalue weighted by Crippen LogP contribution is -2.39. The lowest BCUT2D eigenvalue weighted by Gasteiger charge is -2.38. The van der Waals surface area contributed by atoms with E-state index in [0.717, 1.165) is 36.0 Å². The zero-order chi connectivity index (χ0) is 20.7. The highest BCUT2D eigenvalue weighted by molar-refractivity contribution is 5.47. The fourth-order valence-electron chi connectivity index (χ4n) is 4.28. The van der Waals surface area contributed by atoms with E-state index in [1.165, 1.54) is 0 Å². The van der Waals surface area contributed by atoms with Gasteiger partial charge in [-0.25, -0.2) is 0 Å². The van der Waals surface area contributed by atoms with Crippen LogP contribution in [0.1, 0.15) is 42.9 Å². The number of rotatable bonds is 8. The Morgan fingerprint density at radius 2 is 1.27 bits per heavy atom. The fourth-order valence-corrected chi connectivity index (χ4v) is 4.28. The van der Waals surface area contributed by atoms with Crippen LogP contribution in [0, 0.1) is 0 Å². The molecule has 3 aromatic carbocycles. The van der Waals surface area contributed by atoms with Crippen LogP contribution in [0.15, 0.2) is 91.0 Å². The van der Waals surface area contributed by atoms with Crippen LogP contribution in [0.3, 0.4) is 0 Å². The third kappa shape index (κ3) is 4.49. The molecule has 1 aliphatic heterocycles. The van der Waals surface area contributed by atoms with Gasteiger partial charge in [-0.05, 0) is 42.9 Å². The molecule has 0 spiro atoms. The van der Waals surface area contributed by atoms with Gasteiger partial charge in [-0.3, -0.25) is 0 Å². The topological polar surface area (TPSA) is 27.7 Å². The van der Waals surface area contributed by atoms with E-state index in [0.29, 0.717) is 13.2 Å². The molecule has 2 atom stereocenters. The first-order chi connectivity index (χ1) is 14.8. The fraction of sp³-hybridized carbons (Fsp3) is 0.333. The van der Waals surface area contributed by atoms with E-state index in [9.17, 15) is 0 Å². The van der Waals surface area contributed by atoms with Crippen LogP contribution in [0.25, 0.3) is 0 Å². The normalized spacial score (nSPS) is 19.5. The zero-order valence-electron chi connectivity index (χ0n) is 17.6. The van der Waals surface area contributed by atoms with Gasteiger partial charge in [0, 0.05) is 6.61 Å². The monoisotopic (exact) mass is 402 g/mol. The number of benzene rings is 3. The molecule has 0 radical (unpaired) electrons. The largest absolute Gasteiger partial charge is 0.358 e. The van der Waals surface area contributed by atoms with Crippen LogP contribution < -0.4 is 0 Å². The van der Waals surface area contributed by atoms with E-state index in [2.05, 4.69) is 72.8 Å². The third-order valence-corrected chi connectivity index (χ3v) is 5.69. The second-order valence-corrected chi connectivity index (χ2v) is 7.66. The van der Waals surface area contributed by atoms with Gasteiger partial charge in [-0.2, -0.15) is 0 Å². The Bertz CT molecular complexity index is 781. The van der Waals surface area contributed by atoms with Crippen LogP contribution in [-0.4, -0.2) is 25.6 Å². The molecule has 0 N–H and O–H groups in total. The highest BCUT2D eigenvalue weighted by Gasteiger charge is 2.38. The maximum atomic E-state index is 6.87. The van der Waals surface area contributed by atoms with E-state index < -0.39 is 5.60 Å². The molecule has 0 amide bonds. The van der Waals surface area contributed by atoms with Crippen molar-refractivity contribution in [2.24, 2.45) is 0 Å². The van der Waals surface area contributed by atoms with E-state index in [-0.39, 0.29) is 12.4 Å². The van der Waals surface area contributed by atoms with Crippen molar-refractivity contribution in [1.29, 1.82) is 0 Å². The molecule has 1 aliphatic rings. The van der Waals surface area contributed by atoms with Crippen LogP contribution in [-0.2, 0) is 19.8 Å². The molecule has 0 bridgehead atoms. The quantitative estimate of drug-likeness (QED) is 0.437. The summed E-state index contributed by atoms with van der Waals surface area (Å²) in [5, 5.41) is 0. The van der Waals surface area contributed by atoms with Gasteiger partial charge in [0.2, 0.25) is 0 Å². The lowest BCUT2D eigenvalue weighted by molar-refractivity contribution is -0.208. The summed E-state index contributed by atoms with van der Waals surface area (Å²) >= 11 is 0. The summed E-state index contributed by atoms with van der Waals surface area (Å²) in [5.74, 6) is 0. The third-order valence-electron chi connectivity index (χ3n) is 5.69. The first kappa shape index (κ1) is 20.8. The predicted molar refractivity (Wildman–Crippen MR) is 119 cm³/mol. The SMILES string of the molecule is CCOC1CCC[C@@H](COC(c2ccccc2)(c2ccccc2)c2ccccc2)O1. The van der Waals surface area contributed by atoms with Crippen molar-refractivity contribution in [3.05, 3.63) is 108 Å². The lowest BCUT2D eigenvalue weighted by atomic mass is 9.80. The first-order valence-electron chi connectivity index (χ1n) is 10.9. The van der Waals surface area contributed by atoms with Crippen molar-refractivity contribution in [3.8, 4) is 0 Å². The summed E-state index contributed by atoms with van der Waals surface area (Å²) in [5.41, 5.74) is 2.63. The standard InChI is InChI=1S/C27H30O3/c1-2-28-26-20-12-19-25(30-26)21-29-27(22-13-6-3-7-14-22,23-15-8-4-9-16-23)24-17-10-5-11-18-24/h3-11,13-18,25-26H,2,12,19-21H2,1H3/t25-,26?/m0/s1. The van der Waals surface area contributed by atoms with Gasteiger partial charge in [0.05, 0.1) is 12.7 Å². The molecule has 3 aromatic rings. The molecule has 0 aromatic heterocycles. The summed E-state index contributed by atoms with van der Waals surface area (Å²) < 4.78 is 18.8. The summed E-state index contributed by atoms with van der Waals surface area (Å²) in [7, 11) is 0. The van der Waals surface area contributed by atoms with Gasteiger partial charge in [0.25, 0.3) is 0 Å². The maximum absolute atomic E-state index is 6.87. The molecule has 1 unspecified atom stereocenters. The van der Waals surface area contributed by atoms with Crippen molar-refractivity contribution < 1.29 is 14.2 Å². The van der Waals surface area contributed by atoms with Crippen molar-refractivity contribution in [2.75, 3.05) is 13.2 Å². The number of hydrogen-bond donors (Lipinski definition) is 0. The Balaban J connectivity index is 1.72. The van der Waals surface area contributed by atoms with Crippen LogP contribution in [0.2, 0.25) is 0 Å². The Kier molecular flexibility index (Phi) is 6.96. The molecule has 4 rings (SSSR count). The summed E-state index contributed by atoms with van der Waals surface area (Å²) in [6.45, 7) is 3.18. The summed E-state index contributed by atoms with van der Waals surface area (Å²) in [4.78, 5) is 0. The van der Waals surface area contributed by atoms with Crippen molar-refractivity contribution in [1.82, 2.24) is 0 Å². The van der Waals surface area contributed by atoms with Crippen LogP contribution in [0.5, 0.6) is 0 Å². The molecule has 156 valence electrons. The van der Waals surface area contributed by atoms with E-state index in [4.69, 9.17) is 14.2 Å². The van der Waals surface area contributed by atoms with Crippen molar-refractivity contribution in [3.63, 3.8) is 0 Å². The van der Waals surface area contributed by atoms with Gasteiger partial charge >= 0.3 is 0 Å². The molecule has 30 heavy (non-hydrogen) atoms. The van der Waals surface area contributed by atoms with Gasteiger partial charge in [0.15, 0.2) is 6.29 Å². The van der Waals surface area contributed by atoms with Gasteiger partial charge in [-0.1, -0.05) is 91.0 Å². The first-order valence-corrected chi connectivity index (χ1v) is 10.9.